The van der Waals surface area contributed by atoms with Gasteiger partial charge in [0.1, 0.15) is 19.0 Å². The summed E-state index contributed by atoms with van der Waals surface area (Å²) in [6.07, 6.45) is -3.15. The van der Waals surface area contributed by atoms with Crippen LogP contribution in [0.2, 0.25) is 0 Å². The summed E-state index contributed by atoms with van der Waals surface area (Å²) in [6, 6.07) is 26.5. The average Bonchev–Trinajstić information content (AvgIpc) is 2.96. The number of nitrogens with one attached hydrogen (secondary N) is 1. The van der Waals surface area contributed by atoms with Gasteiger partial charge in [0.25, 0.3) is 5.91 Å². The number of hydrazone groups is 1. The van der Waals surface area contributed by atoms with Crippen molar-refractivity contribution >= 4 is 12.1 Å². The molecule has 9 heteroatoms. The maximum Gasteiger partial charge on any atom is 0.416 e. The van der Waals surface area contributed by atoms with E-state index in [1.807, 2.05) is 48.5 Å². The molecule has 0 aliphatic carbocycles. The van der Waals surface area contributed by atoms with Crippen LogP contribution in [0, 0.1) is 0 Å². The van der Waals surface area contributed by atoms with Gasteiger partial charge in [-0.15, -0.1) is 0 Å². The SMILES string of the molecule is COc1cc(COc2ccc(/C=N/NC(=O)c3cccc(C(F)(F)F)c3)cc2)ccc1OCc1ccccc1. The minimum atomic E-state index is -4.53. The molecule has 1 N–H and O–H groups in total. The minimum Gasteiger partial charge on any atom is -0.493 e. The summed E-state index contributed by atoms with van der Waals surface area (Å²) in [5, 5.41) is 3.82. The normalized spacial score (nSPS) is 11.3. The van der Waals surface area contributed by atoms with Crippen molar-refractivity contribution in [3.63, 3.8) is 0 Å². The van der Waals surface area contributed by atoms with Crippen LogP contribution < -0.4 is 19.6 Å². The van der Waals surface area contributed by atoms with Crippen molar-refractivity contribution in [2.24, 2.45) is 5.10 Å². The van der Waals surface area contributed by atoms with E-state index < -0.39 is 17.6 Å². The zero-order valence-corrected chi connectivity index (χ0v) is 20.9. The first-order valence-electron chi connectivity index (χ1n) is 11.9. The number of benzene rings is 4. The number of rotatable bonds is 10. The molecule has 0 saturated heterocycles. The van der Waals surface area contributed by atoms with Gasteiger partial charge in [-0.3, -0.25) is 4.79 Å². The zero-order chi connectivity index (χ0) is 27.7. The standard InChI is InChI=1S/C30H25F3N2O4/c1-37-28-16-23(12-15-27(28)39-19-22-6-3-2-4-7-22)20-38-26-13-10-21(11-14-26)18-34-35-29(36)24-8-5-9-25(17-24)30(31,32)33/h2-18H,19-20H2,1H3,(H,35,36)/b34-18+. The van der Waals surface area contributed by atoms with Crippen LogP contribution in [0.5, 0.6) is 17.2 Å². The molecule has 6 nitrogen and oxygen atoms in total. The van der Waals surface area contributed by atoms with Crippen LogP contribution in [0.25, 0.3) is 0 Å². The fourth-order valence-corrected chi connectivity index (χ4v) is 3.54. The third-order valence-electron chi connectivity index (χ3n) is 5.58. The molecule has 0 saturated carbocycles. The second-order valence-electron chi connectivity index (χ2n) is 8.39. The second kappa shape index (κ2) is 12.6. The number of carbonyl (C=O) groups excluding carboxylic acids is 1. The molecule has 0 spiro atoms. The number of alkyl halides is 3. The van der Waals surface area contributed by atoms with Crippen molar-refractivity contribution in [2.45, 2.75) is 19.4 Å². The van der Waals surface area contributed by atoms with Crippen molar-refractivity contribution in [1.82, 2.24) is 5.43 Å². The van der Waals surface area contributed by atoms with Crippen molar-refractivity contribution in [1.29, 1.82) is 0 Å². The molecule has 0 radical (unpaired) electrons. The monoisotopic (exact) mass is 534 g/mol. The van der Waals surface area contributed by atoms with E-state index in [1.54, 1.807) is 31.4 Å². The van der Waals surface area contributed by atoms with E-state index in [2.05, 4.69) is 10.5 Å². The molecule has 0 aliphatic rings. The quantitative estimate of drug-likeness (QED) is 0.183. The molecule has 200 valence electrons. The molecule has 4 aromatic rings. The summed E-state index contributed by atoms with van der Waals surface area (Å²) in [5.74, 6) is 1.10. The van der Waals surface area contributed by atoms with E-state index >= 15 is 0 Å². The van der Waals surface area contributed by atoms with Crippen molar-refractivity contribution in [3.8, 4) is 17.2 Å². The lowest BCUT2D eigenvalue weighted by atomic mass is 10.1. The molecular weight excluding hydrogens is 509 g/mol. The number of ether oxygens (including phenoxy) is 3. The van der Waals surface area contributed by atoms with Crippen LogP contribution >= 0.6 is 0 Å². The third kappa shape index (κ3) is 7.85. The van der Waals surface area contributed by atoms with Crippen LogP contribution in [0.4, 0.5) is 13.2 Å². The first kappa shape index (κ1) is 27.3. The highest BCUT2D eigenvalue weighted by Gasteiger charge is 2.30. The second-order valence-corrected chi connectivity index (χ2v) is 8.39. The predicted molar refractivity (Wildman–Crippen MR) is 141 cm³/mol. The van der Waals surface area contributed by atoms with Gasteiger partial charge in [-0.1, -0.05) is 42.5 Å². The third-order valence-corrected chi connectivity index (χ3v) is 5.58. The highest BCUT2D eigenvalue weighted by molar-refractivity contribution is 5.95. The lowest BCUT2D eigenvalue weighted by Crippen LogP contribution is -2.18. The van der Waals surface area contributed by atoms with Crippen molar-refractivity contribution < 1.29 is 32.2 Å². The fraction of sp³-hybridized carbons (Fsp3) is 0.133. The van der Waals surface area contributed by atoms with Crippen LogP contribution in [0.3, 0.4) is 0 Å². The Labute approximate surface area is 223 Å². The van der Waals surface area contributed by atoms with Gasteiger partial charge in [-0.2, -0.15) is 18.3 Å². The Balaban J connectivity index is 1.28. The zero-order valence-electron chi connectivity index (χ0n) is 20.9. The summed E-state index contributed by atoms with van der Waals surface area (Å²) in [4.78, 5) is 12.1. The van der Waals surface area contributed by atoms with Gasteiger partial charge in [0.05, 0.1) is 18.9 Å². The van der Waals surface area contributed by atoms with Gasteiger partial charge in [0, 0.05) is 5.56 Å². The summed E-state index contributed by atoms with van der Waals surface area (Å²) in [6.45, 7) is 0.730. The Morgan fingerprint density at radius 3 is 2.28 bits per heavy atom. The van der Waals surface area contributed by atoms with Crippen LogP contribution in [0.15, 0.2) is 102 Å². The molecule has 0 aliphatic heterocycles. The molecule has 4 aromatic carbocycles. The van der Waals surface area contributed by atoms with E-state index in [0.717, 1.165) is 23.3 Å². The molecular formula is C30H25F3N2O4. The van der Waals surface area contributed by atoms with Crippen LogP contribution in [0.1, 0.15) is 32.6 Å². The Kier molecular flexibility index (Phi) is 8.83. The minimum absolute atomic E-state index is 0.141. The van der Waals surface area contributed by atoms with Crippen LogP contribution in [-0.4, -0.2) is 19.2 Å². The van der Waals surface area contributed by atoms with Crippen molar-refractivity contribution in [3.05, 3.63) is 125 Å². The Morgan fingerprint density at radius 2 is 1.56 bits per heavy atom. The fourth-order valence-electron chi connectivity index (χ4n) is 3.54. The molecule has 0 heterocycles. The van der Waals surface area contributed by atoms with E-state index in [-0.39, 0.29) is 5.56 Å². The van der Waals surface area contributed by atoms with Gasteiger partial charge in [0.2, 0.25) is 0 Å². The number of carbonyl (C=O) groups is 1. The number of amides is 1. The number of halogens is 3. The first-order valence-corrected chi connectivity index (χ1v) is 11.9. The number of hydrogen-bond donors (Lipinski definition) is 1. The Hall–Kier alpha value is -4.79. The molecule has 0 aromatic heterocycles. The molecule has 1 amide bonds. The molecule has 0 unspecified atom stereocenters. The average molecular weight is 535 g/mol. The maximum atomic E-state index is 12.8. The largest absolute Gasteiger partial charge is 0.493 e. The predicted octanol–water partition coefficient (Wildman–Crippen LogP) is 6.64. The Morgan fingerprint density at radius 1 is 0.821 bits per heavy atom. The maximum absolute atomic E-state index is 12.8. The molecule has 4 rings (SSSR count). The molecule has 0 fully saturated rings. The smallest absolute Gasteiger partial charge is 0.416 e. The van der Waals surface area contributed by atoms with E-state index in [9.17, 15) is 18.0 Å². The van der Waals surface area contributed by atoms with Gasteiger partial charge >= 0.3 is 6.18 Å². The highest BCUT2D eigenvalue weighted by atomic mass is 19.4. The number of nitrogens with zero attached hydrogens (tertiary/aromatic N) is 1. The van der Waals surface area contributed by atoms with E-state index in [4.69, 9.17) is 14.2 Å². The molecule has 0 bridgehead atoms. The first-order chi connectivity index (χ1) is 18.8. The molecule has 39 heavy (non-hydrogen) atoms. The van der Waals surface area contributed by atoms with E-state index in [0.29, 0.717) is 36.0 Å². The van der Waals surface area contributed by atoms with Gasteiger partial charge in [-0.25, -0.2) is 5.43 Å². The summed E-state index contributed by atoms with van der Waals surface area (Å²) in [5.41, 5.74) is 3.79. The topological polar surface area (TPSA) is 69.2 Å². The van der Waals surface area contributed by atoms with Crippen LogP contribution in [-0.2, 0) is 19.4 Å². The summed E-state index contributed by atoms with van der Waals surface area (Å²) in [7, 11) is 1.58. The van der Waals surface area contributed by atoms with Crippen molar-refractivity contribution in [2.75, 3.05) is 7.11 Å². The number of hydrogen-bond acceptors (Lipinski definition) is 5. The van der Waals surface area contributed by atoms with Gasteiger partial charge < -0.3 is 14.2 Å². The number of methoxy groups -OCH3 is 1. The van der Waals surface area contributed by atoms with Gasteiger partial charge in [-0.05, 0) is 71.3 Å². The summed E-state index contributed by atoms with van der Waals surface area (Å²) < 4.78 is 55.7. The lowest BCUT2D eigenvalue weighted by Gasteiger charge is -2.13. The summed E-state index contributed by atoms with van der Waals surface area (Å²) >= 11 is 0. The Bertz CT molecular complexity index is 1420. The lowest BCUT2D eigenvalue weighted by molar-refractivity contribution is -0.137. The van der Waals surface area contributed by atoms with Gasteiger partial charge in [0.15, 0.2) is 11.5 Å². The van der Waals surface area contributed by atoms with E-state index in [1.165, 1.54) is 18.3 Å². The highest BCUT2D eigenvalue weighted by Crippen LogP contribution is 2.30. The molecule has 0 atom stereocenters.